The zero-order chi connectivity index (χ0) is 20.8. The van der Waals surface area contributed by atoms with Crippen LogP contribution in [-0.2, 0) is 22.7 Å². The number of benzene rings is 4. The van der Waals surface area contributed by atoms with Gasteiger partial charge in [0.15, 0.2) is 0 Å². The van der Waals surface area contributed by atoms with E-state index in [0.29, 0.717) is 0 Å². The highest BCUT2D eigenvalue weighted by Crippen LogP contribution is 2.18. The summed E-state index contributed by atoms with van der Waals surface area (Å²) in [5.74, 6) is -1.12. The standard InChI is InChI=1S/C26H20O4/c27-25(29-17-19-8-2-1-3-9-19)23-12-6-7-13-24(23)26(28)30-18-20-14-15-21-10-4-5-11-22(21)16-20/h1-16H,17-18H2. The molecule has 0 fully saturated rings. The number of hydrogen-bond donors (Lipinski definition) is 0. The van der Waals surface area contributed by atoms with Crippen molar-refractivity contribution in [3.8, 4) is 0 Å². The van der Waals surface area contributed by atoms with Gasteiger partial charge in [-0.25, -0.2) is 9.59 Å². The Balaban J connectivity index is 1.44. The number of fused-ring (bicyclic) bond motifs is 1. The molecular formula is C26H20O4. The van der Waals surface area contributed by atoms with Gasteiger partial charge in [-0.3, -0.25) is 0 Å². The monoisotopic (exact) mass is 396 g/mol. The normalized spacial score (nSPS) is 10.5. The van der Waals surface area contributed by atoms with E-state index in [1.54, 1.807) is 24.3 Å². The summed E-state index contributed by atoms with van der Waals surface area (Å²) in [5.41, 5.74) is 2.14. The third kappa shape index (κ3) is 4.55. The molecule has 0 radical (unpaired) electrons. The van der Waals surface area contributed by atoms with Crippen LogP contribution < -0.4 is 0 Å². The van der Waals surface area contributed by atoms with E-state index in [9.17, 15) is 9.59 Å². The maximum Gasteiger partial charge on any atom is 0.339 e. The van der Waals surface area contributed by atoms with Gasteiger partial charge in [0.1, 0.15) is 13.2 Å². The number of ether oxygens (including phenoxy) is 2. The van der Waals surface area contributed by atoms with Crippen molar-refractivity contribution in [2.45, 2.75) is 13.2 Å². The van der Waals surface area contributed by atoms with Crippen molar-refractivity contribution in [1.29, 1.82) is 0 Å². The van der Waals surface area contributed by atoms with Crippen LogP contribution in [0.25, 0.3) is 10.8 Å². The molecule has 0 aliphatic rings. The highest BCUT2D eigenvalue weighted by atomic mass is 16.5. The molecule has 0 spiro atoms. The molecule has 0 bridgehead atoms. The molecule has 0 aliphatic carbocycles. The molecule has 0 saturated heterocycles. The minimum absolute atomic E-state index is 0.122. The molecule has 30 heavy (non-hydrogen) atoms. The first-order chi connectivity index (χ1) is 14.7. The highest BCUT2D eigenvalue weighted by molar-refractivity contribution is 6.03. The Morgan fingerprint density at radius 2 is 1.07 bits per heavy atom. The Labute approximate surface area is 174 Å². The topological polar surface area (TPSA) is 52.6 Å². The fourth-order valence-electron chi connectivity index (χ4n) is 3.20. The molecule has 4 aromatic carbocycles. The van der Waals surface area contributed by atoms with Crippen LogP contribution in [0.5, 0.6) is 0 Å². The molecule has 0 aliphatic heterocycles. The second-order valence-electron chi connectivity index (χ2n) is 6.86. The predicted octanol–water partition coefficient (Wildman–Crippen LogP) is 5.55. The molecule has 0 unspecified atom stereocenters. The molecular weight excluding hydrogens is 376 g/mol. The second-order valence-corrected chi connectivity index (χ2v) is 6.86. The zero-order valence-corrected chi connectivity index (χ0v) is 16.3. The van der Waals surface area contributed by atoms with Crippen molar-refractivity contribution < 1.29 is 19.1 Å². The first kappa shape index (κ1) is 19.4. The number of rotatable bonds is 6. The zero-order valence-electron chi connectivity index (χ0n) is 16.3. The van der Waals surface area contributed by atoms with Crippen molar-refractivity contribution in [2.75, 3.05) is 0 Å². The van der Waals surface area contributed by atoms with Crippen molar-refractivity contribution in [2.24, 2.45) is 0 Å². The van der Waals surface area contributed by atoms with E-state index in [1.807, 2.05) is 72.8 Å². The average Bonchev–Trinajstić information content (AvgIpc) is 2.81. The van der Waals surface area contributed by atoms with Gasteiger partial charge in [-0.2, -0.15) is 0 Å². The van der Waals surface area contributed by atoms with Crippen molar-refractivity contribution in [3.63, 3.8) is 0 Å². The summed E-state index contributed by atoms with van der Waals surface area (Å²) in [5, 5.41) is 2.20. The summed E-state index contributed by atoms with van der Waals surface area (Å²) in [4.78, 5) is 25.2. The number of hydrogen-bond acceptors (Lipinski definition) is 4. The van der Waals surface area contributed by atoms with E-state index in [4.69, 9.17) is 9.47 Å². The van der Waals surface area contributed by atoms with Crippen LogP contribution in [-0.4, -0.2) is 11.9 Å². The van der Waals surface area contributed by atoms with Gasteiger partial charge in [-0.15, -0.1) is 0 Å². The molecule has 4 nitrogen and oxygen atoms in total. The summed E-state index contributed by atoms with van der Waals surface area (Å²) in [7, 11) is 0. The fraction of sp³-hybridized carbons (Fsp3) is 0.0769. The Hall–Kier alpha value is -3.92. The Morgan fingerprint density at radius 3 is 1.73 bits per heavy atom. The van der Waals surface area contributed by atoms with Gasteiger partial charge in [-0.1, -0.05) is 78.9 Å². The lowest BCUT2D eigenvalue weighted by Gasteiger charge is -2.10. The highest BCUT2D eigenvalue weighted by Gasteiger charge is 2.19. The van der Waals surface area contributed by atoms with Crippen LogP contribution >= 0.6 is 0 Å². The Kier molecular flexibility index (Phi) is 5.85. The van der Waals surface area contributed by atoms with Gasteiger partial charge >= 0.3 is 11.9 Å². The largest absolute Gasteiger partial charge is 0.457 e. The molecule has 0 N–H and O–H groups in total. The lowest BCUT2D eigenvalue weighted by molar-refractivity contribution is 0.0425. The van der Waals surface area contributed by atoms with Crippen LogP contribution in [0, 0.1) is 0 Å². The molecule has 4 rings (SSSR count). The smallest absolute Gasteiger partial charge is 0.339 e. The van der Waals surface area contributed by atoms with Gasteiger partial charge in [0, 0.05) is 0 Å². The van der Waals surface area contributed by atoms with Gasteiger partial charge in [0.2, 0.25) is 0 Å². The summed E-state index contributed by atoms with van der Waals surface area (Å²) >= 11 is 0. The first-order valence-electron chi connectivity index (χ1n) is 9.65. The van der Waals surface area contributed by atoms with Crippen LogP contribution in [0.3, 0.4) is 0 Å². The summed E-state index contributed by atoms with van der Waals surface area (Å²) in [6.07, 6.45) is 0. The molecule has 148 valence electrons. The van der Waals surface area contributed by atoms with Crippen LogP contribution in [0.2, 0.25) is 0 Å². The van der Waals surface area contributed by atoms with E-state index in [0.717, 1.165) is 21.9 Å². The number of carbonyl (C=O) groups excluding carboxylic acids is 2. The molecule has 4 aromatic rings. The third-order valence-electron chi connectivity index (χ3n) is 4.76. The second kappa shape index (κ2) is 9.05. The maximum atomic E-state index is 12.7. The van der Waals surface area contributed by atoms with Gasteiger partial charge in [0.05, 0.1) is 11.1 Å². The third-order valence-corrected chi connectivity index (χ3v) is 4.76. The van der Waals surface area contributed by atoms with E-state index in [-0.39, 0.29) is 24.3 Å². The molecule has 0 saturated carbocycles. The van der Waals surface area contributed by atoms with Gasteiger partial charge < -0.3 is 9.47 Å². The first-order valence-corrected chi connectivity index (χ1v) is 9.65. The Bertz CT molecular complexity index is 1180. The van der Waals surface area contributed by atoms with Crippen molar-refractivity contribution in [3.05, 3.63) is 119 Å². The van der Waals surface area contributed by atoms with E-state index in [1.165, 1.54) is 0 Å². The van der Waals surface area contributed by atoms with Gasteiger partial charge in [-0.05, 0) is 40.1 Å². The van der Waals surface area contributed by atoms with Gasteiger partial charge in [0.25, 0.3) is 0 Å². The van der Waals surface area contributed by atoms with Crippen molar-refractivity contribution in [1.82, 2.24) is 0 Å². The lowest BCUT2D eigenvalue weighted by atomic mass is 10.1. The summed E-state index contributed by atoms with van der Waals surface area (Å²) in [6.45, 7) is 0.261. The fourth-order valence-corrected chi connectivity index (χ4v) is 3.20. The van der Waals surface area contributed by atoms with E-state index >= 15 is 0 Å². The van der Waals surface area contributed by atoms with E-state index in [2.05, 4.69) is 0 Å². The summed E-state index contributed by atoms with van der Waals surface area (Å²) in [6, 6.07) is 29.8. The predicted molar refractivity (Wildman–Crippen MR) is 115 cm³/mol. The van der Waals surface area contributed by atoms with Crippen LogP contribution in [0.4, 0.5) is 0 Å². The molecule has 0 atom stereocenters. The quantitative estimate of drug-likeness (QED) is 0.401. The molecule has 4 heteroatoms. The maximum absolute atomic E-state index is 12.7. The SMILES string of the molecule is O=C(OCc1ccccc1)c1ccccc1C(=O)OCc1ccc2ccccc2c1. The minimum atomic E-state index is -0.560. The molecule has 0 heterocycles. The van der Waals surface area contributed by atoms with Crippen molar-refractivity contribution >= 4 is 22.7 Å². The summed E-state index contributed by atoms with van der Waals surface area (Å²) < 4.78 is 10.8. The molecule has 0 amide bonds. The number of esters is 2. The van der Waals surface area contributed by atoms with Crippen LogP contribution in [0.1, 0.15) is 31.8 Å². The van der Waals surface area contributed by atoms with Crippen LogP contribution in [0.15, 0.2) is 97.1 Å². The number of carbonyl (C=O) groups is 2. The molecule has 0 aromatic heterocycles. The Morgan fingerprint density at radius 1 is 0.533 bits per heavy atom. The minimum Gasteiger partial charge on any atom is -0.457 e. The average molecular weight is 396 g/mol. The lowest BCUT2D eigenvalue weighted by Crippen LogP contribution is -2.14. The van der Waals surface area contributed by atoms with E-state index < -0.39 is 11.9 Å².